The molecule has 1 aromatic heterocycles. The van der Waals surface area contributed by atoms with E-state index < -0.39 is 6.10 Å². The molecule has 2 aromatic rings. The highest BCUT2D eigenvalue weighted by Gasteiger charge is 2.15. The largest absolute Gasteiger partial charge is 0.383 e. The lowest BCUT2D eigenvalue weighted by Gasteiger charge is -2.01. The minimum absolute atomic E-state index is 0.237. The number of aromatic nitrogens is 2. The van der Waals surface area contributed by atoms with E-state index in [1.165, 1.54) is 0 Å². The second kappa shape index (κ2) is 5.56. The van der Waals surface area contributed by atoms with E-state index >= 15 is 0 Å². The Labute approximate surface area is 99.3 Å². The van der Waals surface area contributed by atoms with Crippen LogP contribution in [0.5, 0.6) is 0 Å². The molecule has 0 amide bonds. The summed E-state index contributed by atoms with van der Waals surface area (Å²) in [6.45, 7) is 0.386. The molecule has 0 saturated carbocycles. The zero-order valence-electron chi connectivity index (χ0n) is 9.41. The molecular formula is C12H15N3O2. The number of hydrogen-bond acceptors (Lipinski definition) is 5. The van der Waals surface area contributed by atoms with Gasteiger partial charge in [-0.3, -0.25) is 0 Å². The molecule has 1 heterocycles. The maximum Gasteiger partial charge on any atom is 0.255 e. The zero-order valence-corrected chi connectivity index (χ0v) is 9.41. The molecule has 1 aromatic carbocycles. The van der Waals surface area contributed by atoms with Crippen LogP contribution in [-0.2, 0) is 6.42 Å². The molecule has 0 aliphatic heterocycles. The Kier molecular flexibility index (Phi) is 3.85. The van der Waals surface area contributed by atoms with Crippen LogP contribution in [0.15, 0.2) is 34.9 Å². The van der Waals surface area contributed by atoms with Gasteiger partial charge in [-0.05, 0) is 18.5 Å². The molecule has 5 nitrogen and oxygen atoms in total. The van der Waals surface area contributed by atoms with Crippen molar-refractivity contribution in [3.63, 3.8) is 0 Å². The Hall–Kier alpha value is -1.72. The van der Waals surface area contributed by atoms with Gasteiger partial charge in [-0.2, -0.15) is 4.98 Å². The molecule has 1 atom stereocenters. The summed E-state index contributed by atoms with van der Waals surface area (Å²) in [4.78, 5) is 4.14. The van der Waals surface area contributed by atoms with Crippen molar-refractivity contribution in [3.05, 3.63) is 47.6 Å². The Morgan fingerprint density at radius 1 is 1.29 bits per heavy atom. The highest BCUT2D eigenvalue weighted by molar-refractivity contribution is 5.18. The predicted octanol–water partition coefficient (Wildman–Crippen LogP) is 1.04. The first-order valence-electron chi connectivity index (χ1n) is 5.54. The lowest BCUT2D eigenvalue weighted by atomic mass is 10.1. The quantitative estimate of drug-likeness (QED) is 0.806. The number of nitrogens with two attached hydrogens (primary N) is 1. The van der Waals surface area contributed by atoms with Crippen LogP contribution in [0.1, 0.15) is 29.8 Å². The van der Waals surface area contributed by atoms with Crippen molar-refractivity contribution in [2.75, 3.05) is 6.54 Å². The summed E-state index contributed by atoms with van der Waals surface area (Å²) in [5.74, 6) is 0.809. The van der Waals surface area contributed by atoms with Crippen molar-refractivity contribution in [2.24, 2.45) is 5.73 Å². The maximum atomic E-state index is 9.62. The van der Waals surface area contributed by atoms with E-state index in [-0.39, 0.29) is 5.89 Å². The van der Waals surface area contributed by atoms with Gasteiger partial charge in [0.05, 0.1) is 0 Å². The van der Waals surface area contributed by atoms with Crippen molar-refractivity contribution in [1.82, 2.24) is 10.1 Å². The first kappa shape index (κ1) is 11.8. The first-order valence-corrected chi connectivity index (χ1v) is 5.54. The van der Waals surface area contributed by atoms with Gasteiger partial charge in [0.25, 0.3) is 5.89 Å². The fourth-order valence-corrected chi connectivity index (χ4v) is 1.53. The topological polar surface area (TPSA) is 85.2 Å². The number of aliphatic hydroxyl groups excluding tert-OH is 1. The lowest BCUT2D eigenvalue weighted by molar-refractivity contribution is 0.127. The van der Waals surface area contributed by atoms with Crippen molar-refractivity contribution in [1.29, 1.82) is 0 Å². The normalized spacial score (nSPS) is 12.6. The number of rotatable bonds is 5. The highest BCUT2D eigenvalue weighted by atomic mass is 16.5. The zero-order chi connectivity index (χ0) is 12.1. The average Bonchev–Trinajstić information content (AvgIpc) is 2.79. The van der Waals surface area contributed by atoms with Crippen molar-refractivity contribution in [3.8, 4) is 0 Å². The van der Waals surface area contributed by atoms with E-state index in [0.717, 1.165) is 5.56 Å². The summed E-state index contributed by atoms with van der Waals surface area (Å²) in [6, 6.07) is 9.86. The Morgan fingerprint density at radius 3 is 2.76 bits per heavy atom. The molecule has 0 aliphatic carbocycles. The van der Waals surface area contributed by atoms with Gasteiger partial charge >= 0.3 is 0 Å². The molecule has 0 saturated heterocycles. The van der Waals surface area contributed by atoms with Gasteiger partial charge in [0.1, 0.15) is 6.10 Å². The molecule has 0 radical (unpaired) electrons. The first-order chi connectivity index (χ1) is 8.29. The number of hydrogen-bond donors (Lipinski definition) is 2. The van der Waals surface area contributed by atoms with Gasteiger partial charge in [0.15, 0.2) is 5.82 Å². The monoisotopic (exact) mass is 233 g/mol. The summed E-state index contributed by atoms with van der Waals surface area (Å²) >= 11 is 0. The van der Waals surface area contributed by atoms with Crippen LogP contribution in [0.25, 0.3) is 0 Å². The summed E-state index contributed by atoms with van der Waals surface area (Å²) in [7, 11) is 0. The third-order valence-electron chi connectivity index (χ3n) is 2.41. The van der Waals surface area contributed by atoms with E-state index in [2.05, 4.69) is 10.1 Å². The number of nitrogens with zero attached hydrogens (tertiary/aromatic N) is 2. The van der Waals surface area contributed by atoms with E-state index in [0.29, 0.717) is 25.2 Å². The molecule has 3 N–H and O–H groups in total. The average molecular weight is 233 g/mol. The molecule has 90 valence electrons. The van der Waals surface area contributed by atoms with Crippen LogP contribution < -0.4 is 5.73 Å². The minimum Gasteiger partial charge on any atom is -0.383 e. The number of aliphatic hydroxyl groups is 1. The van der Waals surface area contributed by atoms with Gasteiger partial charge in [-0.15, -0.1) is 0 Å². The Morgan fingerprint density at radius 2 is 2.06 bits per heavy atom. The smallest absolute Gasteiger partial charge is 0.255 e. The van der Waals surface area contributed by atoms with Crippen LogP contribution in [0.2, 0.25) is 0 Å². The van der Waals surface area contributed by atoms with Crippen molar-refractivity contribution in [2.45, 2.75) is 18.9 Å². The maximum absolute atomic E-state index is 9.62. The third-order valence-corrected chi connectivity index (χ3v) is 2.41. The van der Waals surface area contributed by atoms with E-state index in [9.17, 15) is 5.11 Å². The van der Waals surface area contributed by atoms with Crippen molar-refractivity contribution >= 4 is 0 Å². The molecule has 5 heteroatoms. The molecule has 0 spiro atoms. The van der Waals surface area contributed by atoms with Crippen molar-refractivity contribution < 1.29 is 9.63 Å². The van der Waals surface area contributed by atoms with Crippen LogP contribution in [0, 0.1) is 0 Å². The lowest BCUT2D eigenvalue weighted by Crippen LogP contribution is -2.07. The summed E-state index contributed by atoms with van der Waals surface area (Å²) in [6.07, 6.45) is 0.254. The number of benzene rings is 1. The highest BCUT2D eigenvalue weighted by Crippen LogP contribution is 2.14. The molecule has 0 bridgehead atoms. The molecule has 2 rings (SSSR count). The van der Waals surface area contributed by atoms with Crippen LogP contribution in [0.4, 0.5) is 0 Å². The SMILES string of the molecule is NCC[C@H](O)c1nc(Cc2ccccc2)no1. The van der Waals surface area contributed by atoms with E-state index in [1.807, 2.05) is 30.3 Å². The molecule has 0 aliphatic rings. The van der Waals surface area contributed by atoms with Crippen LogP contribution in [0.3, 0.4) is 0 Å². The molecule has 0 fully saturated rings. The van der Waals surface area contributed by atoms with Gasteiger partial charge in [0.2, 0.25) is 0 Å². The van der Waals surface area contributed by atoms with E-state index in [4.69, 9.17) is 10.3 Å². The summed E-state index contributed by atoms with van der Waals surface area (Å²) in [5, 5.41) is 13.5. The molecule has 17 heavy (non-hydrogen) atoms. The second-order valence-corrected chi connectivity index (χ2v) is 3.80. The minimum atomic E-state index is -0.767. The fourth-order valence-electron chi connectivity index (χ4n) is 1.53. The van der Waals surface area contributed by atoms with Gasteiger partial charge < -0.3 is 15.4 Å². The molecular weight excluding hydrogens is 218 g/mol. The third kappa shape index (κ3) is 3.12. The van der Waals surface area contributed by atoms with Gasteiger partial charge in [-0.25, -0.2) is 0 Å². The second-order valence-electron chi connectivity index (χ2n) is 3.80. The van der Waals surface area contributed by atoms with E-state index in [1.54, 1.807) is 0 Å². The Balaban J connectivity index is 2.04. The van der Waals surface area contributed by atoms with Gasteiger partial charge in [0, 0.05) is 6.42 Å². The standard InChI is InChI=1S/C12H15N3O2/c13-7-6-10(16)12-14-11(15-17-12)8-9-4-2-1-3-5-9/h1-5,10,16H,6-8,13H2/t10-/m0/s1. The van der Waals surface area contributed by atoms with Gasteiger partial charge in [-0.1, -0.05) is 35.5 Å². The fraction of sp³-hybridized carbons (Fsp3) is 0.333. The predicted molar refractivity (Wildman–Crippen MR) is 62.2 cm³/mol. The Bertz CT molecular complexity index is 456. The molecule has 0 unspecified atom stereocenters. The summed E-state index contributed by atoms with van der Waals surface area (Å²) in [5.41, 5.74) is 6.45. The van der Waals surface area contributed by atoms with Crippen LogP contribution >= 0.6 is 0 Å². The van der Waals surface area contributed by atoms with Crippen LogP contribution in [-0.4, -0.2) is 21.8 Å². The summed E-state index contributed by atoms with van der Waals surface area (Å²) < 4.78 is 4.98.